The molecule has 1 aromatic heterocycles. The predicted molar refractivity (Wildman–Crippen MR) is 88.4 cm³/mol. The van der Waals surface area contributed by atoms with E-state index >= 15 is 0 Å². The predicted octanol–water partition coefficient (Wildman–Crippen LogP) is 2.73. The minimum absolute atomic E-state index is 0.246. The van der Waals surface area contributed by atoms with Crippen LogP contribution in [0.2, 0.25) is 0 Å². The first-order chi connectivity index (χ1) is 10.0. The summed E-state index contributed by atoms with van der Waals surface area (Å²) in [6.45, 7) is 12.3. The van der Waals surface area contributed by atoms with E-state index in [2.05, 4.69) is 60.8 Å². The summed E-state index contributed by atoms with van der Waals surface area (Å²) in [6.07, 6.45) is 4.71. The Kier molecular flexibility index (Phi) is 5.44. The maximum absolute atomic E-state index is 4.60. The highest BCUT2D eigenvalue weighted by molar-refractivity contribution is 5.11. The molecule has 1 fully saturated rings. The molecule has 21 heavy (non-hydrogen) atoms. The second kappa shape index (κ2) is 6.93. The third kappa shape index (κ3) is 3.86. The molecule has 0 bridgehead atoms. The molecule has 2 atom stereocenters. The van der Waals surface area contributed by atoms with Gasteiger partial charge in [-0.25, -0.2) is 0 Å². The third-order valence-corrected chi connectivity index (χ3v) is 4.99. The third-order valence-electron chi connectivity index (χ3n) is 4.99. The zero-order chi connectivity index (χ0) is 15.5. The molecule has 120 valence electrons. The van der Waals surface area contributed by atoms with E-state index in [0.29, 0.717) is 6.04 Å². The van der Waals surface area contributed by atoms with Crippen molar-refractivity contribution in [1.82, 2.24) is 20.0 Å². The van der Waals surface area contributed by atoms with Crippen molar-refractivity contribution in [2.24, 2.45) is 7.05 Å². The molecule has 2 unspecified atom stereocenters. The van der Waals surface area contributed by atoms with E-state index in [9.17, 15) is 0 Å². The fourth-order valence-corrected chi connectivity index (χ4v) is 3.27. The van der Waals surface area contributed by atoms with Crippen molar-refractivity contribution in [3.8, 4) is 0 Å². The number of nitrogens with zero attached hydrogens (tertiary/aromatic N) is 3. The lowest BCUT2D eigenvalue weighted by atomic mass is 9.92. The van der Waals surface area contributed by atoms with Gasteiger partial charge in [-0.3, -0.25) is 9.58 Å². The molecule has 2 rings (SSSR count). The number of hydrogen-bond acceptors (Lipinski definition) is 3. The van der Waals surface area contributed by atoms with Crippen molar-refractivity contribution >= 4 is 0 Å². The van der Waals surface area contributed by atoms with E-state index < -0.39 is 0 Å². The highest BCUT2D eigenvalue weighted by Gasteiger charge is 2.34. The lowest BCUT2D eigenvalue weighted by Crippen LogP contribution is -2.62. The number of aromatic nitrogens is 2. The van der Waals surface area contributed by atoms with Crippen LogP contribution in [-0.4, -0.2) is 39.4 Å². The van der Waals surface area contributed by atoms with Crippen LogP contribution in [0.3, 0.4) is 0 Å². The van der Waals surface area contributed by atoms with Gasteiger partial charge in [0, 0.05) is 38.3 Å². The Morgan fingerprint density at radius 2 is 2.14 bits per heavy atom. The largest absolute Gasteiger partial charge is 0.309 e. The molecule has 4 heteroatoms. The first kappa shape index (κ1) is 16.5. The van der Waals surface area contributed by atoms with Gasteiger partial charge in [-0.15, -0.1) is 0 Å². The molecule has 1 aliphatic heterocycles. The Morgan fingerprint density at radius 3 is 2.71 bits per heavy atom. The van der Waals surface area contributed by atoms with Crippen LogP contribution in [0.25, 0.3) is 0 Å². The van der Waals surface area contributed by atoms with E-state index in [1.54, 1.807) is 0 Å². The monoisotopic (exact) mass is 292 g/mol. The normalized spacial score (nSPS) is 27.2. The fourth-order valence-electron chi connectivity index (χ4n) is 3.27. The van der Waals surface area contributed by atoms with Gasteiger partial charge in [0.05, 0.1) is 11.4 Å². The van der Waals surface area contributed by atoms with Crippen molar-refractivity contribution in [1.29, 1.82) is 0 Å². The van der Waals surface area contributed by atoms with Gasteiger partial charge in [-0.2, -0.15) is 5.10 Å². The maximum Gasteiger partial charge on any atom is 0.0625 e. The summed E-state index contributed by atoms with van der Waals surface area (Å²) in [6, 6.07) is 2.92. The Morgan fingerprint density at radius 1 is 1.38 bits per heavy atom. The molecule has 0 aromatic carbocycles. The number of rotatable bonds is 6. The SMILES string of the molecule is CCCC1CNC(C)(CC)CN1Cc1cc(CC)nn1C. The fraction of sp³-hybridized carbons (Fsp3) is 0.824. The molecule has 0 spiro atoms. The molecule has 2 heterocycles. The smallest absolute Gasteiger partial charge is 0.0625 e. The van der Waals surface area contributed by atoms with E-state index in [1.165, 1.54) is 30.7 Å². The Bertz CT molecular complexity index is 454. The lowest BCUT2D eigenvalue weighted by molar-refractivity contribution is 0.0705. The van der Waals surface area contributed by atoms with Gasteiger partial charge in [0.25, 0.3) is 0 Å². The summed E-state index contributed by atoms with van der Waals surface area (Å²) >= 11 is 0. The molecule has 1 N–H and O–H groups in total. The van der Waals surface area contributed by atoms with Gasteiger partial charge in [-0.1, -0.05) is 27.2 Å². The van der Waals surface area contributed by atoms with Crippen LogP contribution in [0.5, 0.6) is 0 Å². The first-order valence-corrected chi connectivity index (χ1v) is 8.52. The van der Waals surface area contributed by atoms with E-state index in [1.807, 2.05) is 0 Å². The standard InChI is InChI=1S/C17H32N4/c1-6-9-15-11-18-17(4,8-3)13-21(15)12-16-10-14(7-2)19-20(16)5/h10,15,18H,6-9,11-13H2,1-5H3. The molecule has 4 nitrogen and oxygen atoms in total. The molecule has 1 aliphatic rings. The second-order valence-corrected chi connectivity index (χ2v) is 6.75. The van der Waals surface area contributed by atoms with Gasteiger partial charge < -0.3 is 5.32 Å². The Labute approximate surface area is 129 Å². The van der Waals surface area contributed by atoms with E-state index in [-0.39, 0.29) is 5.54 Å². The van der Waals surface area contributed by atoms with Gasteiger partial charge in [0.2, 0.25) is 0 Å². The van der Waals surface area contributed by atoms with Crippen molar-refractivity contribution < 1.29 is 0 Å². The quantitative estimate of drug-likeness (QED) is 0.875. The van der Waals surface area contributed by atoms with Crippen LogP contribution in [0.15, 0.2) is 6.07 Å². The van der Waals surface area contributed by atoms with Gasteiger partial charge >= 0.3 is 0 Å². The molecule has 0 saturated carbocycles. The average molecular weight is 292 g/mol. The number of nitrogens with one attached hydrogen (secondary N) is 1. The van der Waals surface area contributed by atoms with Crippen LogP contribution in [0, 0.1) is 0 Å². The first-order valence-electron chi connectivity index (χ1n) is 8.52. The molecule has 1 saturated heterocycles. The topological polar surface area (TPSA) is 33.1 Å². The maximum atomic E-state index is 4.60. The second-order valence-electron chi connectivity index (χ2n) is 6.75. The average Bonchev–Trinajstić information content (AvgIpc) is 2.83. The molecule has 1 aromatic rings. The molecule has 0 radical (unpaired) electrons. The van der Waals surface area contributed by atoms with Gasteiger partial charge in [0.15, 0.2) is 0 Å². The molecular formula is C17H32N4. The Balaban J connectivity index is 2.13. The van der Waals surface area contributed by atoms with Crippen molar-refractivity contribution in [2.45, 2.75) is 71.5 Å². The summed E-state index contributed by atoms with van der Waals surface area (Å²) in [5.41, 5.74) is 2.79. The molecule has 0 amide bonds. The number of piperazine rings is 1. The van der Waals surface area contributed by atoms with Crippen molar-refractivity contribution in [2.75, 3.05) is 13.1 Å². The van der Waals surface area contributed by atoms with Gasteiger partial charge in [-0.05, 0) is 32.3 Å². The van der Waals surface area contributed by atoms with Crippen molar-refractivity contribution in [3.63, 3.8) is 0 Å². The van der Waals surface area contributed by atoms with Crippen LogP contribution in [-0.2, 0) is 20.0 Å². The highest BCUT2D eigenvalue weighted by atomic mass is 15.3. The van der Waals surface area contributed by atoms with Crippen LogP contribution < -0.4 is 5.32 Å². The van der Waals surface area contributed by atoms with Gasteiger partial charge in [0.1, 0.15) is 0 Å². The summed E-state index contributed by atoms with van der Waals surface area (Å²) in [5.74, 6) is 0. The zero-order valence-corrected chi connectivity index (χ0v) is 14.4. The minimum Gasteiger partial charge on any atom is -0.309 e. The minimum atomic E-state index is 0.246. The van der Waals surface area contributed by atoms with E-state index in [4.69, 9.17) is 0 Å². The molecule has 0 aliphatic carbocycles. The highest BCUT2D eigenvalue weighted by Crippen LogP contribution is 2.23. The summed E-state index contributed by atoms with van der Waals surface area (Å²) in [7, 11) is 2.07. The van der Waals surface area contributed by atoms with Crippen LogP contribution in [0.1, 0.15) is 58.3 Å². The van der Waals surface area contributed by atoms with Crippen molar-refractivity contribution in [3.05, 3.63) is 17.5 Å². The van der Waals surface area contributed by atoms with E-state index in [0.717, 1.165) is 26.1 Å². The summed E-state index contributed by atoms with van der Waals surface area (Å²) < 4.78 is 2.06. The van der Waals surface area contributed by atoms with Crippen LogP contribution in [0.4, 0.5) is 0 Å². The number of aryl methyl sites for hydroxylation is 2. The molecular weight excluding hydrogens is 260 g/mol. The lowest BCUT2D eigenvalue weighted by Gasteiger charge is -2.46. The van der Waals surface area contributed by atoms with Crippen LogP contribution >= 0.6 is 0 Å². The Hall–Kier alpha value is -0.870. The summed E-state index contributed by atoms with van der Waals surface area (Å²) in [5, 5.41) is 8.36. The summed E-state index contributed by atoms with van der Waals surface area (Å²) in [4.78, 5) is 2.67. The zero-order valence-electron chi connectivity index (χ0n) is 14.4. The number of hydrogen-bond donors (Lipinski definition) is 1.